The van der Waals surface area contributed by atoms with Gasteiger partial charge in [-0.05, 0) is 0 Å². The normalized spacial score (nSPS) is 9.69. The van der Waals surface area contributed by atoms with Crippen LogP contribution in [-0.2, 0) is 0 Å². The minimum Gasteiger partial charge on any atom is -0.504 e. The highest BCUT2D eigenvalue weighted by Crippen LogP contribution is 2.28. The lowest BCUT2D eigenvalue weighted by molar-refractivity contribution is 0.208. The summed E-state index contributed by atoms with van der Waals surface area (Å²) in [6.07, 6.45) is -1.22. The number of phenols is 1. The summed E-state index contributed by atoms with van der Waals surface area (Å²) in [6.45, 7) is 0. The van der Waals surface area contributed by atoms with Crippen molar-refractivity contribution in [2.45, 2.75) is 0 Å². The molecule has 0 atom stereocenters. The van der Waals surface area contributed by atoms with Crippen molar-refractivity contribution in [2.24, 2.45) is 5.73 Å². The molecule has 0 fully saturated rings. The van der Waals surface area contributed by atoms with Crippen molar-refractivity contribution in [2.75, 3.05) is 0 Å². The Kier molecular flexibility index (Phi) is 2.32. The maximum absolute atomic E-state index is 12.5. The van der Waals surface area contributed by atoms with Gasteiger partial charge in [-0.3, -0.25) is 0 Å². The Balaban J connectivity index is 3.08. The van der Waals surface area contributed by atoms with Gasteiger partial charge in [0, 0.05) is 12.1 Å². The summed E-state index contributed by atoms with van der Waals surface area (Å²) in [5.41, 5.74) is 4.59. The van der Waals surface area contributed by atoms with Crippen molar-refractivity contribution in [3.63, 3.8) is 0 Å². The number of phenolic OH excluding ortho intramolecular Hbond substituents is 1. The fourth-order valence-corrected chi connectivity index (χ4v) is 0.708. The molecule has 70 valence electrons. The monoisotopic (exact) mass is 189 g/mol. The van der Waals surface area contributed by atoms with Crippen LogP contribution in [0.1, 0.15) is 0 Å². The molecule has 1 aromatic carbocycles. The van der Waals surface area contributed by atoms with Gasteiger partial charge in [0.05, 0.1) is 0 Å². The van der Waals surface area contributed by atoms with Gasteiger partial charge in [-0.1, -0.05) is 0 Å². The number of aromatic hydroxyl groups is 1. The molecule has 0 spiro atoms. The molecule has 0 heterocycles. The number of carbonyl (C=O) groups is 1. The predicted octanol–water partition coefficient (Wildman–Crippen LogP) is 1.13. The van der Waals surface area contributed by atoms with Crippen LogP contribution in [0.4, 0.5) is 13.6 Å². The van der Waals surface area contributed by atoms with E-state index in [1.165, 1.54) is 0 Å². The highest BCUT2D eigenvalue weighted by Gasteiger charge is 2.11. The number of hydrogen-bond donors (Lipinski definition) is 2. The molecular formula is C7H5F2NO3. The number of amides is 1. The van der Waals surface area contributed by atoms with Gasteiger partial charge in [-0.25, -0.2) is 13.6 Å². The Hall–Kier alpha value is -1.85. The Morgan fingerprint density at radius 1 is 1.38 bits per heavy atom. The van der Waals surface area contributed by atoms with E-state index in [-0.39, 0.29) is 0 Å². The van der Waals surface area contributed by atoms with Crippen molar-refractivity contribution in [1.29, 1.82) is 0 Å². The average molecular weight is 189 g/mol. The number of primary amides is 1. The van der Waals surface area contributed by atoms with Gasteiger partial charge in [0.25, 0.3) is 0 Å². The van der Waals surface area contributed by atoms with Gasteiger partial charge in [0.1, 0.15) is 0 Å². The number of carbonyl (C=O) groups excluding carboxylic acids is 1. The molecular weight excluding hydrogens is 184 g/mol. The minimum absolute atomic E-state index is 0.480. The second kappa shape index (κ2) is 3.26. The summed E-state index contributed by atoms with van der Waals surface area (Å²) in [4.78, 5) is 10.2. The molecule has 0 aliphatic rings. The van der Waals surface area contributed by atoms with E-state index < -0.39 is 29.2 Å². The third kappa shape index (κ3) is 2.05. The SMILES string of the molecule is NC(=O)Oc1cc(F)c(F)cc1O. The van der Waals surface area contributed by atoms with E-state index in [9.17, 15) is 13.6 Å². The zero-order chi connectivity index (χ0) is 10.0. The van der Waals surface area contributed by atoms with Gasteiger partial charge in [-0.15, -0.1) is 0 Å². The van der Waals surface area contributed by atoms with Crippen LogP contribution in [0.5, 0.6) is 11.5 Å². The van der Waals surface area contributed by atoms with Gasteiger partial charge < -0.3 is 15.6 Å². The molecule has 0 radical (unpaired) electrons. The first-order chi connectivity index (χ1) is 6.00. The smallest absolute Gasteiger partial charge is 0.410 e. The quantitative estimate of drug-likeness (QED) is 0.695. The summed E-state index contributed by atoms with van der Waals surface area (Å²) in [7, 11) is 0. The van der Waals surface area contributed by atoms with Crippen molar-refractivity contribution >= 4 is 6.09 Å². The molecule has 1 aromatic rings. The summed E-state index contributed by atoms with van der Waals surface area (Å²) in [5.74, 6) is -3.70. The molecule has 1 amide bonds. The van der Waals surface area contributed by atoms with Crippen LogP contribution in [0.15, 0.2) is 12.1 Å². The minimum atomic E-state index is -1.24. The molecule has 4 nitrogen and oxygen atoms in total. The topological polar surface area (TPSA) is 72.6 Å². The number of benzene rings is 1. The lowest BCUT2D eigenvalue weighted by Crippen LogP contribution is -2.16. The van der Waals surface area contributed by atoms with Gasteiger partial charge >= 0.3 is 6.09 Å². The maximum Gasteiger partial charge on any atom is 0.410 e. The van der Waals surface area contributed by atoms with E-state index in [1.807, 2.05) is 0 Å². The highest BCUT2D eigenvalue weighted by molar-refractivity contribution is 5.69. The molecule has 3 N–H and O–H groups in total. The number of halogens is 2. The van der Waals surface area contributed by atoms with Crippen molar-refractivity contribution in [1.82, 2.24) is 0 Å². The third-order valence-electron chi connectivity index (χ3n) is 1.21. The Morgan fingerprint density at radius 3 is 2.46 bits per heavy atom. The largest absolute Gasteiger partial charge is 0.504 e. The van der Waals surface area contributed by atoms with Crippen LogP contribution in [-0.4, -0.2) is 11.2 Å². The maximum atomic E-state index is 12.5. The summed E-state index contributed by atoms with van der Waals surface area (Å²) < 4.78 is 29.0. The van der Waals surface area contributed by atoms with Crippen LogP contribution >= 0.6 is 0 Å². The van der Waals surface area contributed by atoms with Crippen molar-refractivity contribution in [3.05, 3.63) is 23.8 Å². The standard InChI is InChI=1S/C7H5F2NO3/c8-3-1-5(11)6(2-4(3)9)13-7(10)12/h1-2,11H,(H2,10,12). The molecule has 0 aromatic heterocycles. The zero-order valence-corrected chi connectivity index (χ0v) is 6.25. The number of ether oxygens (including phenoxy) is 1. The fraction of sp³-hybridized carbons (Fsp3) is 0. The number of nitrogens with two attached hydrogens (primary N) is 1. The molecule has 0 saturated carbocycles. The van der Waals surface area contributed by atoms with E-state index in [1.54, 1.807) is 0 Å². The second-order valence-electron chi connectivity index (χ2n) is 2.16. The lowest BCUT2D eigenvalue weighted by atomic mass is 10.3. The van der Waals surface area contributed by atoms with E-state index in [4.69, 9.17) is 5.11 Å². The Morgan fingerprint density at radius 2 is 1.92 bits per heavy atom. The average Bonchev–Trinajstić information content (AvgIpc) is 1.99. The Labute approximate surface area is 71.5 Å². The summed E-state index contributed by atoms with van der Waals surface area (Å²) >= 11 is 0. The summed E-state index contributed by atoms with van der Waals surface area (Å²) in [5, 5.41) is 8.93. The van der Waals surface area contributed by atoms with E-state index >= 15 is 0 Å². The molecule has 0 aliphatic carbocycles. The van der Waals surface area contributed by atoms with Gasteiger partial charge in [-0.2, -0.15) is 0 Å². The molecule has 0 unspecified atom stereocenters. The predicted molar refractivity (Wildman–Crippen MR) is 38.2 cm³/mol. The first kappa shape index (κ1) is 9.24. The number of hydrogen-bond acceptors (Lipinski definition) is 3. The first-order valence-electron chi connectivity index (χ1n) is 3.16. The Bertz CT molecular complexity index is 354. The molecule has 6 heteroatoms. The highest BCUT2D eigenvalue weighted by atomic mass is 19.2. The molecule has 0 bridgehead atoms. The molecule has 1 rings (SSSR count). The van der Waals surface area contributed by atoms with Crippen molar-refractivity contribution < 1.29 is 23.4 Å². The van der Waals surface area contributed by atoms with Crippen LogP contribution < -0.4 is 10.5 Å². The van der Waals surface area contributed by atoms with Gasteiger partial charge in [0.2, 0.25) is 0 Å². The van der Waals surface area contributed by atoms with Crippen LogP contribution in [0, 0.1) is 11.6 Å². The molecule has 0 saturated heterocycles. The molecule has 13 heavy (non-hydrogen) atoms. The van der Waals surface area contributed by atoms with Crippen LogP contribution in [0.3, 0.4) is 0 Å². The van der Waals surface area contributed by atoms with Crippen molar-refractivity contribution in [3.8, 4) is 11.5 Å². The first-order valence-corrected chi connectivity index (χ1v) is 3.16. The third-order valence-corrected chi connectivity index (χ3v) is 1.21. The van der Waals surface area contributed by atoms with E-state index in [2.05, 4.69) is 10.5 Å². The zero-order valence-electron chi connectivity index (χ0n) is 6.25. The molecule has 0 aliphatic heterocycles. The second-order valence-corrected chi connectivity index (χ2v) is 2.16. The van der Waals surface area contributed by atoms with Gasteiger partial charge in [0.15, 0.2) is 23.1 Å². The number of rotatable bonds is 1. The van der Waals surface area contributed by atoms with Crippen LogP contribution in [0.2, 0.25) is 0 Å². The summed E-state index contributed by atoms with van der Waals surface area (Å²) in [6, 6.07) is 1.00. The van der Waals surface area contributed by atoms with E-state index in [0.717, 1.165) is 0 Å². The lowest BCUT2D eigenvalue weighted by Gasteiger charge is -2.03. The fourth-order valence-electron chi connectivity index (χ4n) is 0.708. The van der Waals surface area contributed by atoms with Crippen LogP contribution in [0.25, 0.3) is 0 Å². The van der Waals surface area contributed by atoms with E-state index in [0.29, 0.717) is 12.1 Å².